The lowest BCUT2D eigenvalue weighted by molar-refractivity contribution is 0.0687. The fourth-order valence-electron chi connectivity index (χ4n) is 0.931. The molecule has 1 aromatic heterocycles. The van der Waals surface area contributed by atoms with Gasteiger partial charge in [0.25, 0.3) is 0 Å². The Labute approximate surface area is 75.2 Å². The Balaban J connectivity index is 3.08. The molecular weight excluding hydrogens is 172 g/mol. The Morgan fingerprint density at radius 2 is 2.08 bits per heavy atom. The number of carboxylic acid groups (broad SMARTS) is 1. The summed E-state index contributed by atoms with van der Waals surface area (Å²) in [6.45, 7) is 3.38. The van der Waals surface area contributed by atoms with Crippen molar-refractivity contribution < 1.29 is 19.1 Å². The van der Waals surface area contributed by atoms with Crippen LogP contribution in [0, 0.1) is 5.92 Å². The molecule has 1 rings (SSSR count). The van der Waals surface area contributed by atoms with Crippen LogP contribution in [0.15, 0.2) is 16.7 Å². The third kappa shape index (κ3) is 1.77. The second kappa shape index (κ2) is 3.43. The lowest BCUT2D eigenvalue weighted by atomic mass is 10.0. The molecule has 1 heterocycles. The van der Waals surface area contributed by atoms with E-state index in [9.17, 15) is 9.59 Å². The average Bonchev–Trinajstić information content (AvgIpc) is 2.50. The number of carbonyl (C=O) groups excluding carboxylic acids is 1. The van der Waals surface area contributed by atoms with Crippen molar-refractivity contribution in [2.24, 2.45) is 5.92 Å². The molecule has 70 valence electrons. The van der Waals surface area contributed by atoms with Crippen LogP contribution in [0.2, 0.25) is 0 Å². The summed E-state index contributed by atoms with van der Waals surface area (Å²) in [5, 5.41) is 8.67. The second-order valence-corrected chi connectivity index (χ2v) is 2.99. The number of rotatable bonds is 3. The Bertz CT molecular complexity index is 335. The predicted molar refractivity (Wildman–Crippen MR) is 44.8 cm³/mol. The molecule has 0 radical (unpaired) electrons. The number of aromatic carboxylic acids is 1. The van der Waals surface area contributed by atoms with Gasteiger partial charge in [-0.1, -0.05) is 13.8 Å². The average molecular weight is 182 g/mol. The summed E-state index contributed by atoms with van der Waals surface area (Å²) in [4.78, 5) is 22.0. The van der Waals surface area contributed by atoms with Gasteiger partial charge in [0.15, 0.2) is 5.76 Å². The normalized spacial score (nSPS) is 10.4. The molecule has 0 aliphatic heterocycles. The van der Waals surface area contributed by atoms with Gasteiger partial charge in [-0.05, 0) is 6.07 Å². The molecule has 13 heavy (non-hydrogen) atoms. The molecule has 0 bridgehead atoms. The summed E-state index contributed by atoms with van der Waals surface area (Å²) in [6, 6.07) is 1.28. The topological polar surface area (TPSA) is 67.5 Å². The van der Waals surface area contributed by atoms with E-state index in [1.54, 1.807) is 13.8 Å². The first-order valence-electron chi connectivity index (χ1n) is 3.89. The summed E-state index contributed by atoms with van der Waals surface area (Å²) in [7, 11) is 0. The number of Topliss-reactive ketones (excluding diaryl/α,β-unsaturated/α-hetero) is 1. The maximum Gasteiger partial charge on any atom is 0.339 e. The van der Waals surface area contributed by atoms with Gasteiger partial charge in [0.1, 0.15) is 5.56 Å². The number of furan rings is 1. The number of hydrogen-bond acceptors (Lipinski definition) is 3. The van der Waals surface area contributed by atoms with Crippen LogP contribution in [0.3, 0.4) is 0 Å². The molecule has 0 aliphatic carbocycles. The van der Waals surface area contributed by atoms with Gasteiger partial charge in [-0.3, -0.25) is 4.79 Å². The Morgan fingerprint density at radius 1 is 1.46 bits per heavy atom. The summed E-state index contributed by atoms with van der Waals surface area (Å²) in [5.41, 5.74) is -0.0706. The molecular formula is C9H10O4. The van der Waals surface area contributed by atoms with E-state index in [0.29, 0.717) is 0 Å². The summed E-state index contributed by atoms with van der Waals surface area (Å²) in [6.07, 6.45) is 1.21. The molecule has 0 spiro atoms. The maximum atomic E-state index is 11.4. The highest BCUT2D eigenvalue weighted by Gasteiger charge is 2.21. The monoisotopic (exact) mass is 182 g/mol. The Hall–Kier alpha value is -1.58. The van der Waals surface area contributed by atoms with Crippen molar-refractivity contribution in [2.45, 2.75) is 13.8 Å². The second-order valence-electron chi connectivity index (χ2n) is 2.99. The first kappa shape index (κ1) is 9.51. The van der Waals surface area contributed by atoms with Gasteiger partial charge in [-0.25, -0.2) is 4.79 Å². The third-order valence-corrected chi connectivity index (χ3v) is 1.64. The molecule has 0 amide bonds. The van der Waals surface area contributed by atoms with Crippen molar-refractivity contribution in [1.29, 1.82) is 0 Å². The highest BCUT2D eigenvalue weighted by atomic mass is 16.4. The van der Waals surface area contributed by atoms with Gasteiger partial charge in [0.2, 0.25) is 5.78 Å². The minimum atomic E-state index is -1.14. The fraction of sp³-hybridized carbons (Fsp3) is 0.333. The third-order valence-electron chi connectivity index (χ3n) is 1.64. The van der Waals surface area contributed by atoms with Crippen LogP contribution in [-0.4, -0.2) is 16.9 Å². The zero-order chi connectivity index (χ0) is 10.0. The first-order chi connectivity index (χ1) is 6.04. The molecule has 1 aromatic rings. The number of ketones is 1. The van der Waals surface area contributed by atoms with Crippen LogP contribution in [0.25, 0.3) is 0 Å². The van der Waals surface area contributed by atoms with Crippen molar-refractivity contribution in [3.05, 3.63) is 23.7 Å². The highest BCUT2D eigenvalue weighted by molar-refractivity contribution is 6.04. The number of carbonyl (C=O) groups is 2. The van der Waals surface area contributed by atoms with E-state index < -0.39 is 5.97 Å². The van der Waals surface area contributed by atoms with Crippen LogP contribution in [0.5, 0.6) is 0 Å². The molecule has 1 N–H and O–H groups in total. The van der Waals surface area contributed by atoms with E-state index in [4.69, 9.17) is 9.52 Å². The van der Waals surface area contributed by atoms with E-state index in [-0.39, 0.29) is 23.0 Å². The van der Waals surface area contributed by atoms with Crippen LogP contribution in [0.4, 0.5) is 0 Å². The van der Waals surface area contributed by atoms with Gasteiger partial charge < -0.3 is 9.52 Å². The molecule has 0 saturated heterocycles. The highest BCUT2D eigenvalue weighted by Crippen LogP contribution is 2.15. The summed E-state index contributed by atoms with van der Waals surface area (Å²) in [5.74, 6) is -1.76. The van der Waals surface area contributed by atoms with E-state index in [0.717, 1.165) is 0 Å². The predicted octanol–water partition coefficient (Wildman–Crippen LogP) is 1.82. The van der Waals surface area contributed by atoms with Crippen molar-refractivity contribution in [2.75, 3.05) is 0 Å². The van der Waals surface area contributed by atoms with Gasteiger partial charge in [0.05, 0.1) is 6.26 Å². The van der Waals surface area contributed by atoms with Gasteiger partial charge in [-0.2, -0.15) is 0 Å². The Kier molecular flexibility index (Phi) is 2.51. The number of carboxylic acids is 1. The van der Waals surface area contributed by atoms with Crippen molar-refractivity contribution >= 4 is 11.8 Å². The minimum absolute atomic E-state index is 0.0671. The molecule has 0 unspecified atom stereocenters. The van der Waals surface area contributed by atoms with E-state index in [2.05, 4.69) is 0 Å². The van der Waals surface area contributed by atoms with Crippen LogP contribution >= 0.6 is 0 Å². The molecule has 0 saturated carbocycles. The molecule has 0 aliphatic rings. The minimum Gasteiger partial charge on any atom is -0.478 e. The lowest BCUT2D eigenvalue weighted by Gasteiger charge is -2.00. The maximum absolute atomic E-state index is 11.4. The van der Waals surface area contributed by atoms with Gasteiger partial charge in [0, 0.05) is 5.92 Å². The van der Waals surface area contributed by atoms with Crippen molar-refractivity contribution in [3.63, 3.8) is 0 Å². The van der Waals surface area contributed by atoms with Crippen LogP contribution < -0.4 is 0 Å². The Morgan fingerprint density at radius 3 is 2.54 bits per heavy atom. The van der Waals surface area contributed by atoms with Crippen molar-refractivity contribution in [1.82, 2.24) is 0 Å². The van der Waals surface area contributed by atoms with Crippen LogP contribution in [0.1, 0.15) is 34.8 Å². The summed E-state index contributed by atoms with van der Waals surface area (Å²) >= 11 is 0. The molecule has 4 heteroatoms. The number of hydrogen-bond donors (Lipinski definition) is 1. The molecule has 4 nitrogen and oxygen atoms in total. The van der Waals surface area contributed by atoms with Gasteiger partial charge >= 0.3 is 5.97 Å². The lowest BCUT2D eigenvalue weighted by Crippen LogP contribution is -2.11. The van der Waals surface area contributed by atoms with Crippen LogP contribution in [-0.2, 0) is 0 Å². The fourth-order valence-corrected chi connectivity index (χ4v) is 0.931. The summed E-state index contributed by atoms with van der Waals surface area (Å²) < 4.78 is 4.82. The smallest absolute Gasteiger partial charge is 0.339 e. The molecule has 0 fully saturated rings. The zero-order valence-corrected chi connectivity index (χ0v) is 7.40. The van der Waals surface area contributed by atoms with Gasteiger partial charge in [-0.15, -0.1) is 0 Å². The van der Waals surface area contributed by atoms with E-state index >= 15 is 0 Å². The quantitative estimate of drug-likeness (QED) is 0.724. The SMILES string of the molecule is CC(C)C(=O)c1occc1C(=O)O. The van der Waals surface area contributed by atoms with E-state index in [1.165, 1.54) is 12.3 Å². The first-order valence-corrected chi connectivity index (χ1v) is 3.89. The molecule has 0 atom stereocenters. The van der Waals surface area contributed by atoms with E-state index in [1.807, 2.05) is 0 Å². The van der Waals surface area contributed by atoms with Crippen molar-refractivity contribution in [3.8, 4) is 0 Å². The molecule has 0 aromatic carbocycles. The largest absolute Gasteiger partial charge is 0.478 e. The zero-order valence-electron chi connectivity index (χ0n) is 7.40. The standard InChI is InChI=1S/C9H10O4/c1-5(2)7(10)8-6(9(11)12)3-4-13-8/h3-5H,1-2H3,(H,11,12).